The largest absolute Gasteiger partial charge is 0.475 e. The molecule has 0 saturated carbocycles. The molecule has 0 radical (unpaired) electrons. The molecule has 9 nitrogen and oxygen atoms in total. The van der Waals surface area contributed by atoms with Gasteiger partial charge < -0.3 is 19.7 Å². The predicted octanol–water partition coefficient (Wildman–Crippen LogP) is 3.26. The summed E-state index contributed by atoms with van der Waals surface area (Å²) in [4.78, 5) is 35.2. The molecule has 0 aliphatic rings. The maximum absolute atomic E-state index is 11.9. The molecular weight excluding hydrogens is 397 g/mol. The second kappa shape index (κ2) is 8.10. The predicted molar refractivity (Wildman–Crippen MR) is 99.1 cm³/mol. The second-order valence-corrected chi connectivity index (χ2v) is 7.54. The molecule has 0 aliphatic heterocycles. The number of ether oxygens (including phenoxy) is 1. The Balaban J connectivity index is 2.24. The molecule has 2 aromatic heterocycles. The molecule has 0 fully saturated rings. The fourth-order valence-electron chi connectivity index (χ4n) is 2.21. The second-order valence-electron chi connectivity index (χ2n) is 6.79. The first-order valence-electron chi connectivity index (χ1n) is 7.94. The van der Waals surface area contributed by atoms with E-state index in [9.17, 15) is 14.7 Å². The minimum Gasteiger partial charge on any atom is -0.475 e. The number of halogens is 2. The van der Waals surface area contributed by atoms with Crippen LogP contribution in [0.15, 0.2) is 12.4 Å². The van der Waals surface area contributed by atoms with Crippen molar-refractivity contribution in [2.24, 2.45) is 0 Å². The Morgan fingerprint density at radius 1 is 1.33 bits per heavy atom. The number of carbonyl (C=O) groups excluding carboxylic acids is 1. The summed E-state index contributed by atoms with van der Waals surface area (Å²) < 4.78 is 6.57. The van der Waals surface area contributed by atoms with Crippen LogP contribution in [0.2, 0.25) is 10.3 Å². The maximum Gasteiger partial charge on any atom is 0.407 e. The van der Waals surface area contributed by atoms with Gasteiger partial charge in [-0.25, -0.2) is 24.5 Å². The zero-order chi connectivity index (χ0) is 20.4. The summed E-state index contributed by atoms with van der Waals surface area (Å²) in [6, 6.07) is -0.426. The van der Waals surface area contributed by atoms with Crippen LogP contribution in [0.1, 0.15) is 38.3 Å². The van der Waals surface area contributed by atoms with E-state index in [0.717, 1.165) is 0 Å². The van der Waals surface area contributed by atoms with E-state index in [4.69, 9.17) is 27.9 Å². The smallest absolute Gasteiger partial charge is 0.407 e. The Morgan fingerprint density at radius 2 is 2.00 bits per heavy atom. The van der Waals surface area contributed by atoms with E-state index in [1.165, 1.54) is 17.0 Å². The maximum atomic E-state index is 11.9. The molecular formula is C16H19Cl2N5O4. The summed E-state index contributed by atoms with van der Waals surface area (Å²) in [5.41, 5.74) is -0.196. The lowest BCUT2D eigenvalue weighted by atomic mass is 10.2. The van der Waals surface area contributed by atoms with Gasteiger partial charge in [0.05, 0.1) is 11.2 Å². The number of amides is 1. The quantitative estimate of drug-likeness (QED) is 0.718. The number of rotatable bonds is 5. The number of alkyl carbamates (subject to hydrolysis) is 1. The third-order valence-corrected chi connectivity index (χ3v) is 3.62. The molecule has 1 atom stereocenters. The number of carboxylic acid groups (broad SMARTS) is 1. The molecule has 0 bridgehead atoms. The third kappa shape index (κ3) is 5.80. The van der Waals surface area contributed by atoms with Crippen LogP contribution in [0.3, 0.4) is 0 Å². The summed E-state index contributed by atoms with van der Waals surface area (Å²) in [5, 5.41) is 12.2. The Morgan fingerprint density at radius 3 is 2.59 bits per heavy atom. The Bertz CT molecular complexity index is 863. The van der Waals surface area contributed by atoms with Crippen molar-refractivity contribution in [2.45, 2.75) is 45.9 Å². The van der Waals surface area contributed by atoms with Crippen molar-refractivity contribution in [3.8, 4) is 11.4 Å². The van der Waals surface area contributed by atoms with Gasteiger partial charge in [0.25, 0.3) is 0 Å². The van der Waals surface area contributed by atoms with E-state index in [1.807, 2.05) is 0 Å². The number of hydrogen-bond donors (Lipinski definition) is 2. The highest BCUT2D eigenvalue weighted by molar-refractivity contribution is 6.33. The topological polar surface area (TPSA) is 119 Å². The van der Waals surface area contributed by atoms with Crippen LogP contribution in [-0.2, 0) is 11.3 Å². The summed E-state index contributed by atoms with van der Waals surface area (Å²) in [6.07, 6.45) is 2.18. The molecule has 2 heterocycles. The molecule has 1 amide bonds. The SMILES string of the molecule is CC(Cn1cc(-c2nc(Cl)ncc2Cl)nc1C(=O)O)NC(=O)OC(C)(C)C. The Labute approximate surface area is 165 Å². The number of hydrogen-bond acceptors (Lipinski definition) is 6. The van der Waals surface area contributed by atoms with Crippen molar-refractivity contribution in [3.63, 3.8) is 0 Å². The summed E-state index contributed by atoms with van der Waals surface area (Å²) in [5.74, 6) is -1.46. The molecule has 2 N–H and O–H groups in total. The first-order chi connectivity index (χ1) is 12.5. The first kappa shape index (κ1) is 20.9. The molecule has 11 heteroatoms. The highest BCUT2D eigenvalue weighted by atomic mass is 35.5. The molecule has 146 valence electrons. The molecule has 0 aliphatic carbocycles. The number of carbonyl (C=O) groups is 2. The van der Waals surface area contributed by atoms with Crippen LogP contribution in [-0.4, -0.2) is 48.3 Å². The van der Waals surface area contributed by atoms with Gasteiger partial charge in [-0.3, -0.25) is 0 Å². The number of aromatic carboxylic acids is 1. The zero-order valence-corrected chi connectivity index (χ0v) is 16.7. The molecule has 0 saturated heterocycles. The highest BCUT2D eigenvalue weighted by Crippen LogP contribution is 2.26. The standard InChI is InChI=1S/C16H19Cl2N5O4/c1-8(20-15(26)27-16(2,3)4)6-23-7-10(21-12(23)13(24)25)11-9(17)5-19-14(18)22-11/h5,7-8H,6H2,1-4H3,(H,20,26)(H,24,25). The fourth-order valence-corrected chi connectivity index (χ4v) is 2.54. The van der Waals surface area contributed by atoms with Crippen LogP contribution in [0.4, 0.5) is 4.79 Å². The van der Waals surface area contributed by atoms with Gasteiger partial charge >= 0.3 is 12.1 Å². The van der Waals surface area contributed by atoms with Crippen molar-refractivity contribution < 1.29 is 19.4 Å². The van der Waals surface area contributed by atoms with E-state index in [1.54, 1.807) is 27.7 Å². The summed E-state index contributed by atoms with van der Waals surface area (Å²) >= 11 is 11.8. The van der Waals surface area contributed by atoms with Crippen LogP contribution in [0, 0.1) is 0 Å². The van der Waals surface area contributed by atoms with Crippen molar-refractivity contribution in [1.82, 2.24) is 24.8 Å². The van der Waals surface area contributed by atoms with Gasteiger partial charge in [0.2, 0.25) is 11.1 Å². The van der Waals surface area contributed by atoms with Gasteiger partial charge in [-0.15, -0.1) is 0 Å². The number of imidazole rings is 1. The van der Waals surface area contributed by atoms with Crippen molar-refractivity contribution in [2.75, 3.05) is 0 Å². The lowest BCUT2D eigenvalue weighted by Gasteiger charge is -2.22. The highest BCUT2D eigenvalue weighted by Gasteiger charge is 2.22. The Hall–Kier alpha value is -2.39. The van der Waals surface area contributed by atoms with Crippen LogP contribution >= 0.6 is 23.2 Å². The number of carboxylic acids is 1. The van der Waals surface area contributed by atoms with Gasteiger partial charge in [-0.05, 0) is 39.3 Å². The molecule has 27 heavy (non-hydrogen) atoms. The van der Waals surface area contributed by atoms with Crippen molar-refractivity contribution in [1.29, 1.82) is 0 Å². The number of nitrogens with one attached hydrogen (secondary N) is 1. The monoisotopic (exact) mass is 415 g/mol. The Kier molecular flexibility index (Phi) is 6.27. The average molecular weight is 416 g/mol. The molecule has 2 rings (SSSR count). The van der Waals surface area contributed by atoms with Crippen LogP contribution < -0.4 is 5.32 Å². The van der Waals surface area contributed by atoms with E-state index in [-0.39, 0.29) is 34.1 Å². The molecule has 2 aromatic rings. The summed E-state index contributed by atoms with van der Waals surface area (Å²) in [7, 11) is 0. The fraction of sp³-hybridized carbons (Fsp3) is 0.438. The van der Waals surface area contributed by atoms with E-state index in [2.05, 4.69) is 20.3 Å². The van der Waals surface area contributed by atoms with E-state index < -0.39 is 23.7 Å². The van der Waals surface area contributed by atoms with Crippen molar-refractivity contribution in [3.05, 3.63) is 28.5 Å². The normalized spacial score (nSPS) is 12.5. The number of nitrogens with zero attached hydrogens (tertiary/aromatic N) is 4. The lowest BCUT2D eigenvalue weighted by molar-refractivity contribution is 0.0504. The minimum atomic E-state index is -1.23. The minimum absolute atomic E-state index is 0.0409. The third-order valence-electron chi connectivity index (χ3n) is 3.16. The van der Waals surface area contributed by atoms with Gasteiger partial charge in [-0.1, -0.05) is 11.6 Å². The van der Waals surface area contributed by atoms with Crippen molar-refractivity contribution >= 4 is 35.3 Å². The van der Waals surface area contributed by atoms with Crippen LogP contribution in [0.5, 0.6) is 0 Å². The van der Waals surface area contributed by atoms with Gasteiger partial charge in [0.1, 0.15) is 17.0 Å². The van der Waals surface area contributed by atoms with Gasteiger partial charge in [-0.2, -0.15) is 0 Å². The summed E-state index contributed by atoms with van der Waals surface area (Å²) in [6.45, 7) is 7.10. The molecule has 1 unspecified atom stereocenters. The molecule has 0 aromatic carbocycles. The average Bonchev–Trinajstić information content (AvgIpc) is 2.91. The van der Waals surface area contributed by atoms with Gasteiger partial charge in [0, 0.05) is 18.8 Å². The first-order valence-corrected chi connectivity index (χ1v) is 8.70. The van der Waals surface area contributed by atoms with Gasteiger partial charge in [0.15, 0.2) is 0 Å². The van der Waals surface area contributed by atoms with Crippen LogP contribution in [0.25, 0.3) is 11.4 Å². The zero-order valence-electron chi connectivity index (χ0n) is 15.2. The lowest BCUT2D eigenvalue weighted by Crippen LogP contribution is -2.39. The van der Waals surface area contributed by atoms with E-state index in [0.29, 0.717) is 0 Å². The van der Waals surface area contributed by atoms with E-state index >= 15 is 0 Å². The number of aromatic nitrogens is 4. The molecule has 0 spiro atoms.